The van der Waals surface area contributed by atoms with E-state index in [9.17, 15) is 8.78 Å². The summed E-state index contributed by atoms with van der Waals surface area (Å²) in [7, 11) is 0. The van der Waals surface area contributed by atoms with Crippen molar-refractivity contribution in [1.82, 2.24) is 9.97 Å². The molecule has 1 aromatic heterocycles. The minimum Gasteiger partial charge on any atom is -0.370 e. The van der Waals surface area contributed by atoms with Gasteiger partial charge in [0.15, 0.2) is 5.82 Å². The van der Waals surface area contributed by atoms with Crippen LogP contribution in [0, 0.1) is 6.92 Å². The summed E-state index contributed by atoms with van der Waals surface area (Å²) in [6.45, 7) is 3.93. The summed E-state index contributed by atoms with van der Waals surface area (Å²) in [5.74, 6) is 1.10. The topological polar surface area (TPSA) is 47.0 Å². The third-order valence-electron chi connectivity index (χ3n) is 1.73. The second-order valence-corrected chi connectivity index (χ2v) is 3.25. The molecular formula is C10H15F2N3O. The van der Waals surface area contributed by atoms with Gasteiger partial charge in [-0.15, -0.1) is 0 Å². The fourth-order valence-electron chi connectivity index (χ4n) is 1.21. The zero-order chi connectivity index (χ0) is 12.0. The van der Waals surface area contributed by atoms with Crippen LogP contribution >= 0.6 is 0 Å². The van der Waals surface area contributed by atoms with Gasteiger partial charge in [-0.05, 0) is 13.8 Å². The van der Waals surface area contributed by atoms with Crippen LogP contribution in [0.15, 0.2) is 6.07 Å². The van der Waals surface area contributed by atoms with E-state index >= 15 is 0 Å². The van der Waals surface area contributed by atoms with E-state index in [0.717, 1.165) is 12.2 Å². The molecule has 0 bridgehead atoms. The lowest BCUT2D eigenvalue weighted by Gasteiger charge is -2.07. The zero-order valence-corrected chi connectivity index (χ0v) is 9.33. The van der Waals surface area contributed by atoms with Gasteiger partial charge in [-0.3, -0.25) is 0 Å². The molecule has 0 saturated carbocycles. The number of halogens is 2. The Bertz CT molecular complexity index is 334. The molecular weight excluding hydrogens is 216 g/mol. The van der Waals surface area contributed by atoms with Gasteiger partial charge in [-0.2, -0.15) is 0 Å². The maximum atomic E-state index is 11.8. The first-order valence-electron chi connectivity index (χ1n) is 5.06. The Hall–Kier alpha value is -1.30. The van der Waals surface area contributed by atoms with Crippen molar-refractivity contribution in [3.05, 3.63) is 17.6 Å². The summed E-state index contributed by atoms with van der Waals surface area (Å²) in [6, 6.07) is 1.79. The van der Waals surface area contributed by atoms with Crippen LogP contribution < -0.4 is 5.32 Å². The standard InChI is InChI=1S/C10H15F2N3O/c1-3-13-9-4-7(2)14-10(15-9)6-16-5-8(11)12/h4,8H,3,5-6H2,1-2H3,(H,13,14,15). The second-order valence-electron chi connectivity index (χ2n) is 3.25. The Morgan fingerprint density at radius 1 is 1.44 bits per heavy atom. The molecule has 1 rings (SSSR count). The Morgan fingerprint density at radius 2 is 2.19 bits per heavy atom. The highest BCUT2D eigenvalue weighted by molar-refractivity contribution is 5.35. The molecule has 0 aromatic carbocycles. The van der Waals surface area contributed by atoms with Crippen LogP contribution in [-0.2, 0) is 11.3 Å². The predicted molar refractivity (Wildman–Crippen MR) is 56.6 cm³/mol. The van der Waals surface area contributed by atoms with Crippen LogP contribution in [0.3, 0.4) is 0 Å². The largest absolute Gasteiger partial charge is 0.370 e. The van der Waals surface area contributed by atoms with E-state index in [2.05, 4.69) is 15.3 Å². The molecule has 0 atom stereocenters. The summed E-state index contributed by atoms with van der Waals surface area (Å²) in [6.07, 6.45) is -2.46. The van der Waals surface area contributed by atoms with Crippen molar-refractivity contribution in [2.45, 2.75) is 26.9 Å². The van der Waals surface area contributed by atoms with Crippen molar-refractivity contribution < 1.29 is 13.5 Å². The first kappa shape index (κ1) is 12.8. The Labute approximate surface area is 93.1 Å². The summed E-state index contributed by atoms with van der Waals surface area (Å²) in [5, 5.41) is 3.03. The van der Waals surface area contributed by atoms with E-state index in [4.69, 9.17) is 4.74 Å². The highest BCUT2D eigenvalue weighted by atomic mass is 19.3. The first-order valence-corrected chi connectivity index (χ1v) is 5.06. The molecule has 1 N–H and O–H groups in total. The number of nitrogens with one attached hydrogen (secondary N) is 1. The fourth-order valence-corrected chi connectivity index (χ4v) is 1.21. The number of hydrogen-bond acceptors (Lipinski definition) is 4. The van der Waals surface area contributed by atoms with E-state index in [-0.39, 0.29) is 6.61 Å². The average Bonchev–Trinajstić information content (AvgIpc) is 2.16. The van der Waals surface area contributed by atoms with Crippen molar-refractivity contribution in [3.8, 4) is 0 Å². The number of rotatable bonds is 6. The smallest absolute Gasteiger partial charge is 0.261 e. The van der Waals surface area contributed by atoms with Gasteiger partial charge in [0.1, 0.15) is 19.0 Å². The molecule has 0 aliphatic heterocycles. The van der Waals surface area contributed by atoms with Crippen LogP contribution in [-0.4, -0.2) is 29.5 Å². The van der Waals surface area contributed by atoms with Crippen molar-refractivity contribution >= 4 is 5.82 Å². The van der Waals surface area contributed by atoms with E-state index in [1.54, 1.807) is 6.07 Å². The van der Waals surface area contributed by atoms with Crippen molar-refractivity contribution in [3.63, 3.8) is 0 Å². The number of anilines is 1. The number of hydrogen-bond donors (Lipinski definition) is 1. The van der Waals surface area contributed by atoms with Crippen LogP contribution in [0.1, 0.15) is 18.4 Å². The van der Waals surface area contributed by atoms with E-state index in [1.807, 2.05) is 13.8 Å². The molecule has 0 radical (unpaired) electrons. The van der Waals surface area contributed by atoms with Gasteiger partial charge < -0.3 is 10.1 Å². The van der Waals surface area contributed by atoms with Gasteiger partial charge in [0.25, 0.3) is 6.43 Å². The normalized spacial score (nSPS) is 10.8. The molecule has 0 aliphatic carbocycles. The lowest BCUT2D eigenvalue weighted by molar-refractivity contribution is 0.00768. The van der Waals surface area contributed by atoms with Crippen LogP contribution in [0.4, 0.5) is 14.6 Å². The van der Waals surface area contributed by atoms with E-state index < -0.39 is 13.0 Å². The Morgan fingerprint density at radius 3 is 2.81 bits per heavy atom. The summed E-state index contributed by atoms with van der Waals surface area (Å²) in [4.78, 5) is 8.22. The molecule has 6 heteroatoms. The number of ether oxygens (including phenoxy) is 1. The average molecular weight is 231 g/mol. The van der Waals surface area contributed by atoms with Gasteiger partial charge in [-0.1, -0.05) is 0 Å². The van der Waals surface area contributed by atoms with Gasteiger partial charge in [0.05, 0.1) is 0 Å². The molecule has 0 unspecified atom stereocenters. The second kappa shape index (κ2) is 6.32. The monoisotopic (exact) mass is 231 g/mol. The van der Waals surface area contributed by atoms with Crippen molar-refractivity contribution in [2.24, 2.45) is 0 Å². The van der Waals surface area contributed by atoms with E-state index in [1.165, 1.54) is 0 Å². The summed E-state index contributed by atoms with van der Waals surface area (Å²) in [5.41, 5.74) is 0.779. The lowest BCUT2D eigenvalue weighted by atomic mass is 10.4. The maximum absolute atomic E-state index is 11.8. The van der Waals surface area contributed by atoms with Crippen LogP contribution in [0.2, 0.25) is 0 Å². The lowest BCUT2D eigenvalue weighted by Crippen LogP contribution is -2.09. The first-order chi connectivity index (χ1) is 7.61. The van der Waals surface area contributed by atoms with E-state index in [0.29, 0.717) is 11.6 Å². The third-order valence-corrected chi connectivity index (χ3v) is 1.73. The molecule has 0 spiro atoms. The quantitative estimate of drug-likeness (QED) is 0.813. The summed E-state index contributed by atoms with van der Waals surface area (Å²) < 4.78 is 28.4. The molecule has 1 aromatic rings. The van der Waals surface area contributed by atoms with Gasteiger partial charge in [0, 0.05) is 18.3 Å². The molecule has 0 aliphatic rings. The minimum atomic E-state index is -2.46. The number of alkyl halides is 2. The highest BCUT2D eigenvalue weighted by Crippen LogP contribution is 2.07. The third kappa shape index (κ3) is 4.48. The molecule has 1 heterocycles. The summed E-state index contributed by atoms with van der Waals surface area (Å²) >= 11 is 0. The molecule has 4 nitrogen and oxygen atoms in total. The number of nitrogens with zero attached hydrogens (tertiary/aromatic N) is 2. The number of aromatic nitrogens is 2. The molecule has 0 amide bonds. The number of aryl methyl sites for hydroxylation is 1. The molecule has 16 heavy (non-hydrogen) atoms. The van der Waals surface area contributed by atoms with Gasteiger partial charge in [0.2, 0.25) is 0 Å². The molecule has 90 valence electrons. The maximum Gasteiger partial charge on any atom is 0.261 e. The predicted octanol–water partition coefficient (Wildman–Crippen LogP) is 2.00. The zero-order valence-electron chi connectivity index (χ0n) is 9.33. The SMILES string of the molecule is CCNc1cc(C)nc(COCC(F)F)n1. The van der Waals surface area contributed by atoms with Crippen LogP contribution in [0.5, 0.6) is 0 Å². The van der Waals surface area contributed by atoms with Gasteiger partial charge in [-0.25, -0.2) is 18.7 Å². The van der Waals surface area contributed by atoms with Gasteiger partial charge >= 0.3 is 0 Å². The fraction of sp³-hybridized carbons (Fsp3) is 0.600. The molecule has 0 fully saturated rings. The van der Waals surface area contributed by atoms with Crippen LogP contribution in [0.25, 0.3) is 0 Å². The van der Waals surface area contributed by atoms with Crippen molar-refractivity contribution in [2.75, 3.05) is 18.5 Å². The Balaban J connectivity index is 2.58. The Kier molecular flexibility index (Phi) is 5.04. The highest BCUT2D eigenvalue weighted by Gasteiger charge is 2.05. The molecule has 0 saturated heterocycles. The minimum absolute atomic E-state index is 0.00438. The van der Waals surface area contributed by atoms with Crippen molar-refractivity contribution in [1.29, 1.82) is 0 Å².